The highest BCUT2D eigenvalue weighted by atomic mass is 16.4. The van der Waals surface area contributed by atoms with Gasteiger partial charge in [-0.3, -0.25) is 14.5 Å². The van der Waals surface area contributed by atoms with Gasteiger partial charge in [0.15, 0.2) is 0 Å². The molecule has 0 unspecified atom stereocenters. The van der Waals surface area contributed by atoms with Crippen molar-refractivity contribution >= 4 is 11.9 Å². The maximum absolute atomic E-state index is 13.1. The second-order valence-corrected chi connectivity index (χ2v) is 8.25. The molecule has 4 rings (SSSR count). The van der Waals surface area contributed by atoms with Crippen molar-refractivity contribution in [2.24, 2.45) is 23.7 Å². The number of aryl methyl sites for hydroxylation is 1. The SMILES string of the molecule is Cc1ccccc1CN1CCN(C(=O)[C@@H]2[C@H]3CC[C@@H](C3)[C@@H]2C(=O)O)CC1. The average molecular weight is 356 g/mol. The van der Waals surface area contributed by atoms with E-state index in [1.54, 1.807) is 0 Å². The van der Waals surface area contributed by atoms with Crippen LogP contribution in [0.2, 0.25) is 0 Å². The molecular formula is C21H28N2O3. The molecule has 2 bridgehead atoms. The van der Waals surface area contributed by atoms with Crippen molar-refractivity contribution in [1.29, 1.82) is 0 Å². The number of piperazine rings is 1. The summed E-state index contributed by atoms with van der Waals surface area (Å²) in [6.07, 6.45) is 2.94. The summed E-state index contributed by atoms with van der Waals surface area (Å²) in [5.74, 6) is -0.901. The van der Waals surface area contributed by atoms with E-state index in [4.69, 9.17) is 0 Å². The van der Waals surface area contributed by atoms with Gasteiger partial charge in [0.1, 0.15) is 0 Å². The Hall–Kier alpha value is -1.88. The minimum absolute atomic E-state index is 0.0974. The maximum atomic E-state index is 13.1. The monoisotopic (exact) mass is 356 g/mol. The third-order valence-corrected chi connectivity index (χ3v) is 6.83. The van der Waals surface area contributed by atoms with Crippen LogP contribution < -0.4 is 0 Å². The van der Waals surface area contributed by atoms with E-state index >= 15 is 0 Å². The first kappa shape index (κ1) is 17.5. The lowest BCUT2D eigenvalue weighted by Crippen LogP contribution is -2.52. The van der Waals surface area contributed by atoms with Gasteiger partial charge in [-0.05, 0) is 49.1 Å². The van der Waals surface area contributed by atoms with Crippen LogP contribution in [0.4, 0.5) is 0 Å². The highest BCUT2D eigenvalue weighted by Gasteiger charge is 2.54. The largest absolute Gasteiger partial charge is 0.481 e. The van der Waals surface area contributed by atoms with Crippen molar-refractivity contribution in [2.45, 2.75) is 32.7 Å². The molecule has 1 heterocycles. The van der Waals surface area contributed by atoms with Gasteiger partial charge in [-0.25, -0.2) is 0 Å². The van der Waals surface area contributed by atoms with Crippen molar-refractivity contribution in [1.82, 2.24) is 9.80 Å². The standard InChI is InChI=1S/C21H28N2O3/c1-14-4-2-3-5-17(14)13-22-8-10-23(11-9-22)20(24)18-15-6-7-16(12-15)19(18)21(25)26/h2-5,15-16,18-19H,6-13H2,1H3,(H,25,26)/t15-,16-,18+,19-/m0/s1. The molecule has 1 aliphatic heterocycles. The molecule has 0 spiro atoms. The van der Waals surface area contributed by atoms with E-state index < -0.39 is 11.9 Å². The van der Waals surface area contributed by atoms with Gasteiger partial charge in [0.05, 0.1) is 11.8 Å². The lowest BCUT2D eigenvalue weighted by atomic mass is 9.78. The van der Waals surface area contributed by atoms with Crippen LogP contribution in [0.1, 0.15) is 30.4 Å². The Morgan fingerprint density at radius 3 is 2.35 bits per heavy atom. The number of hydrogen-bond donors (Lipinski definition) is 1. The number of benzene rings is 1. The maximum Gasteiger partial charge on any atom is 0.307 e. The van der Waals surface area contributed by atoms with E-state index in [-0.39, 0.29) is 17.7 Å². The van der Waals surface area contributed by atoms with E-state index in [0.29, 0.717) is 19.0 Å². The van der Waals surface area contributed by atoms with Crippen LogP contribution in [0.25, 0.3) is 0 Å². The van der Waals surface area contributed by atoms with Gasteiger partial charge < -0.3 is 10.0 Å². The quantitative estimate of drug-likeness (QED) is 0.900. The molecule has 1 amide bonds. The Balaban J connectivity index is 1.36. The number of nitrogens with zero attached hydrogens (tertiary/aromatic N) is 2. The smallest absolute Gasteiger partial charge is 0.307 e. The zero-order valence-corrected chi connectivity index (χ0v) is 15.4. The molecule has 26 heavy (non-hydrogen) atoms. The summed E-state index contributed by atoms with van der Waals surface area (Å²) in [6, 6.07) is 8.43. The molecule has 0 aromatic heterocycles. The Morgan fingerprint density at radius 2 is 1.69 bits per heavy atom. The highest BCUT2D eigenvalue weighted by molar-refractivity contribution is 5.86. The van der Waals surface area contributed by atoms with Crippen LogP contribution in [0.15, 0.2) is 24.3 Å². The lowest BCUT2D eigenvalue weighted by Gasteiger charge is -2.38. The minimum Gasteiger partial charge on any atom is -0.481 e. The summed E-state index contributed by atoms with van der Waals surface area (Å²) >= 11 is 0. The first-order valence-electron chi connectivity index (χ1n) is 9.83. The van der Waals surface area contributed by atoms with Gasteiger partial charge >= 0.3 is 5.97 Å². The first-order chi connectivity index (χ1) is 12.5. The van der Waals surface area contributed by atoms with Gasteiger partial charge in [-0.15, -0.1) is 0 Å². The number of aliphatic carboxylic acids is 1. The third-order valence-electron chi connectivity index (χ3n) is 6.83. The molecule has 3 fully saturated rings. The number of carboxylic acids is 1. The van der Waals surface area contributed by atoms with Crippen molar-refractivity contribution < 1.29 is 14.7 Å². The normalized spacial score (nSPS) is 31.3. The van der Waals surface area contributed by atoms with Crippen LogP contribution in [-0.2, 0) is 16.1 Å². The van der Waals surface area contributed by atoms with Gasteiger partial charge in [0, 0.05) is 32.7 Å². The van der Waals surface area contributed by atoms with Crippen molar-refractivity contribution in [3.63, 3.8) is 0 Å². The Bertz CT molecular complexity index is 696. The Kier molecular flexibility index (Phi) is 4.74. The van der Waals surface area contributed by atoms with Crippen LogP contribution >= 0.6 is 0 Å². The average Bonchev–Trinajstić information content (AvgIpc) is 3.25. The predicted molar refractivity (Wildman–Crippen MR) is 98.5 cm³/mol. The molecule has 1 aromatic rings. The molecule has 140 valence electrons. The fourth-order valence-corrected chi connectivity index (χ4v) is 5.37. The van der Waals surface area contributed by atoms with Crippen LogP contribution in [0, 0.1) is 30.6 Å². The van der Waals surface area contributed by atoms with Crippen molar-refractivity contribution in [2.75, 3.05) is 26.2 Å². The van der Waals surface area contributed by atoms with Crippen LogP contribution in [-0.4, -0.2) is 53.0 Å². The molecule has 3 aliphatic rings. The molecular weight excluding hydrogens is 328 g/mol. The summed E-state index contributed by atoms with van der Waals surface area (Å²) in [7, 11) is 0. The summed E-state index contributed by atoms with van der Waals surface area (Å²) in [4.78, 5) is 29.1. The fourth-order valence-electron chi connectivity index (χ4n) is 5.37. The van der Waals surface area contributed by atoms with E-state index in [2.05, 4.69) is 36.1 Å². The highest BCUT2D eigenvalue weighted by Crippen LogP contribution is 2.53. The topological polar surface area (TPSA) is 60.9 Å². The molecule has 0 radical (unpaired) electrons. The number of carbonyl (C=O) groups is 2. The van der Waals surface area contributed by atoms with Crippen LogP contribution in [0.5, 0.6) is 0 Å². The molecule has 5 nitrogen and oxygen atoms in total. The number of rotatable bonds is 4. The van der Waals surface area contributed by atoms with E-state index in [1.807, 2.05) is 4.90 Å². The number of carbonyl (C=O) groups excluding carboxylic acids is 1. The number of fused-ring (bicyclic) bond motifs is 2. The molecule has 1 aromatic carbocycles. The second kappa shape index (κ2) is 7.03. The van der Waals surface area contributed by atoms with Crippen molar-refractivity contribution in [3.8, 4) is 0 Å². The zero-order valence-electron chi connectivity index (χ0n) is 15.4. The van der Waals surface area contributed by atoms with Gasteiger partial charge in [0.2, 0.25) is 5.91 Å². The third kappa shape index (κ3) is 3.13. The van der Waals surface area contributed by atoms with E-state index in [0.717, 1.165) is 38.9 Å². The van der Waals surface area contributed by atoms with Gasteiger partial charge in [0.25, 0.3) is 0 Å². The summed E-state index contributed by atoms with van der Waals surface area (Å²) < 4.78 is 0. The predicted octanol–water partition coefficient (Wildman–Crippen LogP) is 2.39. The Labute approximate surface area is 155 Å². The summed E-state index contributed by atoms with van der Waals surface area (Å²) in [5.41, 5.74) is 2.64. The lowest BCUT2D eigenvalue weighted by molar-refractivity contribution is -0.153. The number of hydrogen-bond acceptors (Lipinski definition) is 3. The first-order valence-corrected chi connectivity index (χ1v) is 9.83. The molecule has 1 N–H and O–H groups in total. The summed E-state index contributed by atoms with van der Waals surface area (Å²) in [6.45, 7) is 6.20. The van der Waals surface area contributed by atoms with Gasteiger partial charge in [-0.2, -0.15) is 0 Å². The molecule has 1 saturated heterocycles. The van der Waals surface area contributed by atoms with E-state index in [9.17, 15) is 14.7 Å². The van der Waals surface area contributed by atoms with E-state index in [1.165, 1.54) is 11.1 Å². The Morgan fingerprint density at radius 1 is 1.04 bits per heavy atom. The van der Waals surface area contributed by atoms with Gasteiger partial charge in [-0.1, -0.05) is 24.3 Å². The minimum atomic E-state index is -0.770. The molecule has 2 aliphatic carbocycles. The second-order valence-electron chi connectivity index (χ2n) is 8.25. The molecule has 5 heteroatoms. The fraction of sp³-hybridized carbons (Fsp3) is 0.619. The zero-order chi connectivity index (χ0) is 18.3. The van der Waals surface area contributed by atoms with Crippen LogP contribution in [0.3, 0.4) is 0 Å². The molecule has 4 atom stereocenters. The molecule has 2 saturated carbocycles. The summed E-state index contributed by atoms with van der Waals surface area (Å²) in [5, 5.41) is 9.61. The van der Waals surface area contributed by atoms with Crippen molar-refractivity contribution in [3.05, 3.63) is 35.4 Å². The number of amides is 1. The number of carboxylic acid groups (broad SMARTS) is 1.